The van der Waals surface area contributed by atoms with Gasteiger partial charge in [0.1, 0.15) is 6.04 Å². The summed E-state index contributed by atoms with van der Waals surface area (Å²) in [4.78, 5) is 15.5. The van der Waals surface area contributed by atoms with E-state index in [1.54, 1.807) is 0 Å². The number of hydrogen-bond donors (Lipinski definition) is 4. The number of aliphatic imine (C=N–C) groups is 1. The second-order valence-corrected chi connectivity index (χ2v) is 8.02. The second kappa shape index (κ2) is 19.0. The second-order valence-electron chi connectivity index (χ2n) is 8.02. The molecule has 0 spiro atoms. The van der Waals surface area contributed by atoms with Crippen molar-refractivity contribution >= 4 is 11.9 Å². The number of hydrogen-bond acceptors (Lipinski definition) is 3. The van der Waals surface area contributed by atoms with Gasteiger partial charge in [-0.1, -0.05) is 78.1 Å². The van der Waals surface area contributed by atoms with E-state index in [9.17, 15) is 9.90 Å². The smallest absolute Gasteiger partial charge is 0.320 e. The Morgan fingerprint density at radius 2 is 1.39 bits per heavy atom. The number of carboxylic acid groups (broad SMARTS) is 1. The highest BCUT2D eigenvalue weighted by molar-refractivity contribution is 5.75. The summed E-state index contributed by atoms with van der Waals surface area (Å²) in [6.45, 7) is 5.75. The van der Waals surface area contributed by atoms with E-state index >= 15 is 0 Å². The summed E-state index contributed by atoms with van der Waals surface area (Å²) in [6.07, 6.45) is 16.5. The van der Waals surface area contributed by atoms with E-state index in [4.69, 9.17) is 11.5 Å². The maximum Gasteiger partial charge on any atom is 0.320 e. The number of nitrogens with two attached hydrogens (primary N) is 2. The van der Waals surface area contributed by atoms with Gasteiger partial charge in [0, 0.05) is 6.54 Å². The molecule has 2 atom stereocenters. The molecule has 0 rings (SSSR count). The van der Waals surface area contributed by atoms with Crippen molar-refractivity contribution in [3.8, 4) is 0 Å². The van der Waals surface area contributed by atoms with Crippen molar-refractivity contribution < 1.29 is 9.90 Å². The molecule has 0 fully saturated rings. The van der Waals surface area contributed by atoms with E-state index in [0.717, 1.165) is 6.54 Å². The Bertz CT molecular complexity index is 398. The van der Waals surface area contributed by atoms with Crippen molar-refractivity contribution in [3.05, 3.63) is 0 Å². The van der Waals surface area contributed by atoms with Crippen LogP contribution < -0.4 is 16.8 Å². The van der Waals surface area contributed by atoms with Crippen molar-refractivity contribution in [2.45, 2.75) is 110 Å². The highest BCUT2D eigenvalue weighted by atomic mass is 16.4. The average Bonchev–Trinajstić information content (AvgIpc) is 2.65. The summed E-state index contributed by atoms with van der Waals surface area (Å²) in [5.41, 5.74) is 10.6. The minimum absolute atomic E-state index is 0.0610. The first kappa shape index (κ1) is 26.7. The fourth-order valence-electron chi connectivity index (χ4n) is 3.55. The SMILES string of the molecule is CCCCCCCCC(CCCCCC)CN[C@@H](CCCN=C(N)N)C(=O)O. The minimum Gasteiger partial charge on any atom is -0.480 e. The predicted octanol–water partition coefficient (Wildman–Crippen LogP) is 4.42. The zero-order chi connectivity index (χ0) is 21.0. The van der Waals surface area contributed by atoms with Crippen LogP contribution in [-0.4, -0.2) is 36.2 Å². The summed E-state index contributed by atoms with van der Waals surface area (Å²) < 4.78 is 0. The van der Waals surface area contributed by atoms with Gasteiger partial charge < -0.3 is 21.9 Å². The first-order chi connectivity index (χ1) is 13.5. The molecule has 0 saturated carbocycles. The van der Waals surface area contributed by atoms with Crippen LogP contribution in [0.3, 0.4) is 0 Å². The number of carboxylic acids is 1. The quantitative estimate of drug-likeness (QED) is 0.138. The molecule has 0 aromatic heterocycles. The minimum atomic E-state index is -0.783. The van der Waals surface area contributed by atoms with Crippen LogP contribution in [0.2, 0.25) is 0 Å². The van der Waals surface area contributed by atoms with Crippen molar-refractivity contribution in [2.75, 3.05) is 13.1 Å². The number of unbranched alkanes of at least 4 members (excludes halogenated alkanes) is 8. The zero-order valence-corrected chi connectivity index (χ0v) is 18.4. The molecule has 6 nitrogen and oxygen atoms in total. The fourth-order valence-corrected chi connectivity index (χ4v) is 3.55. The maximum absolute atomic E-state index is 11.6. The van der Waals surface area contributed by atoms with Crippen LogP contribution in [0.4, 0.5) is 0 Å². The third kappa shape index (κ3) is 16.8. The number of aliphatic carboxylic acids is 1. The van der Waals surface area contributed by atoms with Crippen LogP contribution in [0, 0.1) is 5.92 Å². The first-order valence-electron chi connectivity index (χ1n) is 11.5. The standard InChI is InChI=1S/C22H46N4O2/c1-3-5-7-9-10-12-15-19(14-11-8-6-4-2)18-26-20(21(27)28)16-13-17-25-22(23)24/h19-20,26H,3-18H2,1-2H3,(H,27,28)(H4,23,24,25)/t19?,20-/m0/s1. The van der Waals surface area contributed by atoms with Crippen LogP contribution in [0.5, 0.6) is 0 Å². The normalized spacial score (nSPS) is 13.2. The highest BCUT2D eigenvalue weighted by Crippen LogP contribution is 2.19. The largest absolute Gasteiger partial charge is 0.480 e. The number of carbonyl (C=O) groups is 1. The van der Waals surface area contributed by atoms with Gasteiger partial charge in [0.2, 0.25) is 0 Å². The van der Waals surface area contributed by atoms with Crippen LogP contribution in [0.1, 0.15) is 104 Å². The number of rotatable bonds is 20. The first-order valence-corrected chi connectivity index (χ1v) is 11.5. The summed E-state index contributed by atoms with van der Waals surface area (Å²) in [7, 11) is 0. The number of nitrogens with one attached hydrogen (secondary N) is 1. The van der Waals surface area contributed by atoms with Gasteiger partial charge in [-0.15, -0.1) is 0 Å². The van der Waals surface area contributed by atoms with Crippen molar-refractivity contribution in [1.82, 2.24) is 5.32 Å². The average molecular weight is 399 g/mol. The van der Waals surface area contributed by atoms with Gasteiger partial charge in [-0.3, -0.25) is 9.79 Å². The molecule has 0 amide bonds. The fraction of sp³-hybridized carbons (Fsp3) is 0.909. The van der Waals surface area contributed by atoms with Gasteiger partial charge in [0.15, 0.2) is 5.96 Å². The van der Waals surface area contributed by atoms with Crippen LogP contribution in [0.15, 0.2) is 4.99 Å². The maximum atomic E-state index is 11.6. The molecular formula is C22H46N4O2. The van der Waals surface area contributed by atoms with Crippen molar-refractivity contribution in [1.29, 1.82) is 0 Å². The van der Waals surface area contributed by atoms with Crippen LogP contribution in [0.25, 0.3) is 0 Å². The molecule has 0 heterocycles. The molecule has 0 aliphatic carbocycles. The summed E-state index contributed by atoms with van der Waals surface area (Å²) in [6, 6.07) is -0.517. The lowest BCUT2D eigenvalue weighted by Crippen LogP contribution is -2.39. The van der Waals surface area contributed by atoms with Crippen molar-refractivity contribution in [3.63, 3.8) is 0 Å². The molecule has 0 aliphatic heterocycles. The molecule has 28 heavy (non-hydrogen) atoms. The van der Waals surface area contributed by atoms with Gasteiger partial charge in [-0.25, -0.2) is 0 Å². The lowest BCUT2D eigenvalue weighted by atomic mass is 9.93. The van der Waals surface area contributed by atoms with Gasteiger partial charge >= 0.3 is 5.97 Å². The molecular weight excluding hydrogens is 352 g/mol. The Balaban J connectivity index is 4.32. The third-order valence-electron chi connectivity index (χ3n) is 5.33. The van der Waals surface area contributed by atoms with Gasteiger partial charge in [0.25, 0.3) is 0 Å². The lowest BCUT2D eigenvalue weighted by Gasteiger charge is -2.21. The lowest BCUT2D eigenvalue weighted by molar-refractivity contribution is -0.139. The molecule has 166 valence electrons. The van der Waals surface area contributed by atoms with E-state index in [1.807, 2.05) is 0 Å². The molecule has 0 aromatic carbocycles. The molecule has 6 N–H and O–H groups in total. The predicted molar refractivity (Wildman–Crippen MR) is 120 cm³/mol. The highest BCUT2D eigenvalue weighted by Gasteiger charge is 2.18. The van der Waals surface area contributed by atoms with E-state index < -0.39 is 12.0 Å². The van der Waals surface area contributed by atoms with E-state index in [1.165, 1.54) is 77.0 Å². The molecule has 0 radical (unpaired) electrons. The van der Waals surface area contributed by atoms with Crippen LogP contribution in [-0.2, 0) is 4.79 Å². The summed E-state index contributed by atoms with van der Waals surface area (Å²) in [5.74, 6) is -0.150. The summed E-state index contributed by atoms with van der Waals surface area (Å²) in [5, 5.41) is 12.8. The molecule has 6 heteroatoms. The van der Waals surface area contributed by atoms with E-state index in [-0.39, 0.29) is 5.96 Å². The topological polar surface area (TPSA) is 114 Å². The third-order valence-corrected chi connectivity index (χ3v) is 5.33. The van der Waals surface area contributed by atoms with Crippen molar-refractivity contribution in [2.24, 2.45) is 22.4 Å². The summed E-state index contributed by atoms with van der Waals surface area (Å²) >= 11 is 0. The van der Waals surface area contributed by atoms with Gasteiger partial charge in [0.05, 0.1) is 0 Å². The molecule has 0 bridgehead atoms. The number of nitrogens with zero attached hydrogens (tertiary/aromatic N) is 1. The molecule has 0 saturated heterocycles. The van der Waals surface area contributed by atoms with E-state index in [0.29, 0.717) is 25.3 Å². The monoisotopic (exact) mass is 398 g/mol. The number of guanidine groups is 1. The Morgan fingerprint density at radius 3 is 1.93 bits per heavy atom. The molecule has 0 aromatic rings. The Labute approximate surface area is 172 Å². The van der Waals surface area contributed by atoms with Crippen LogP contribution >= 0.6 is 0 Å². The zero-order valence-electron chi connectivity index (χ0n) is 18.4. The Hall–Kier alpha value is -1.30. The van der Waals surface area contributed by atoms with Gasteiger partial charge in [-0.2, -0.15) is 0 Å². The Kier molecular flexibility index (Phi) is 18.2. The molecule has 0 aliphatic rings. The Morgan fingerprint density at radius 1 is 0.857 bits per heavy atom. The van der Waals surface area contributed by atoms with Gasteiger partial charge in [-0.05, 0) is 38.1 Å². The molecule has 1 unspecified atom stereocenters. The van der Waals surface area contributed by atoms with E-state index in [2.05, 4.69) is 24.2 Å².